The summed E-state index contributed by atoms with van der Waals surface area (Å²) in [7, 11) is 2.11. The molecule has 0 saturated carbocycles. The quantitative estimate of drug-likeness (QED) is 0.718. The van der Waals surface area contributed by atoms with Gasteiger partial charge in [0.15, 0.2) is 10.1 Å². The van der Waals surface area contributed by atoms with Gasteiger partial charge in [-0.05, 0) is 19.5 Å². The molecule has 20 heavy (non-hydrogen) atoms. The summed E-state index contributed by atoms with van der Waals surface area (Å²) in [5.41, 5.74) is 2.35. The lowest BCUT2D eigenvalue weighted by Gasteiger charge is -2.24. The van der Waals surface area contributed by atoms with E-state index in [1.54, 1.807) is 11.3 Å². The van der Waals surface area contributed by atoms with Crippen molar-refractivity contribution in [2.45, 2.75) is 19.5 Å². The van der Waals surface area contributed by atoms with Crippen molar-refractivity contribution < 1.29 is 0 Å². The first-order valence-corrected chi connectivity index (χ1v) is 7.77. The number of hydrogen-bond donors (Lipinski definition) is 0. The molecule has 0 bridgehead atoms. The number of thiazole rings is 1. The highest BCUT2D eigenvalue weighted by Crippen LogP contribution is 2.25. The molecule has 0 amide bonds. The highest BCUT2D eigenvalue weighted by molar-refractivity contribution is 7.15. The largest absolute Gasteiger partial charge is 0.294 e. The third kappa shape index (κ3) is 2.46. The van der Waals surface area contributed by atoms with Crippen molar-refractivity contribution in [1.29, 1.82) is 0 Å². The molecule has 1 aromatic carbocycles. The lowest BCUT2D eigenvalue weighted by molar-refractivity contribution is 0.249. The number of aromatic nitrogens is 2. The van der Waals surface area contributed by atoms with Crippen molar-refractivity contribution in [3.63, 3.8) is 0 Å². The van der Waals surface area contributed by atoms with Gasteiger partial charge in [-0.15, -0.1) is 11.3 Å². The van der Waals surface area contributed by atoms with Crippen LogP contribution >= 0.6 is 22.9 Å². The molecule has 0 aliphatic heterocycles. The van der Waals surface area contributed by atoms with Gasteiger partial charge in [0.2, 0.25) is 0 Å². The summed E-state index contributed by atoms with van der Waals surface area (Å²) in [6.07, 6.45) is 2.02. The zero-order valence-corrected chi connectivity index (χ0v) is 13.0. The van der Waals surface area contributed by atoms with Crippen molar-refractivity contribution in [3.8, 4) is 0 Å². The van der Waals surface area contributed by atoms with E-state index in [9.17, 15) is 0 Å². The maximum absolute atomic E-state index is 6.25. The fourth-order valence-electron chi connectivity index (χ4n) is 2.31. The fourth-order valence-corrected chi connectivity index (χ4v) is 3.32. The van der Waals surface area contributed by atoms with Crippen molar-refractivity contribution in [1.82, 2.24) is 14.3 Å². The van der Waals surface area contributed by atoms with Crippen molar-refractivity contribution in [2.75, 3.05) is 7.05 Å². The standard InChI is InChI=1S/C15H16ClN3S/c1-11(12-6-4-3-5-7-12)18(2)10-13-14(16)17-15-19(13)8-9-20-15/h3-9,11H,10H2,1-2H3. The number of fused-ring (bicyclic) bond motifs is 1. The smallest absolute Gasteiger partial charge is 0.195 e. The summed E-state index contributed by atoms with van der Waals surface area (Å²) < 4.78 is 2.07. The number of rotatable bonds is 4. The molecule has 3 aromatic rings. The minimum absolute atomic E-state index is 0.330. The Hall–Kier alpha value is -1.36. The molecule has 0 fully saturated rings. The zero-order valence-electron chi connectivity index (χ0n) is 11.5. The monoisotopic (exact) mass is 305 g/mol. The van der Waals surface area contributed by atoms with Gasteiger partial charge < -0.3 is 0 Å². The lowest BCUT2D eigenvalue weighted by atomic mass is 10.1. The number of halogens is 1. The Kier molecular flexibility index (Phi) is 3.78. The number of benzene rings is 1. The Morgan fingerprint density at radius 1 is 1.35 bits per heavy atom. The van der Waals surface area contributed by atoms with Gasteiger partial charge in [-0.25, -0.2) is 4.98 Å². The summed E-state index contributed by atoms with van der Waals surface area (Å²) in [6.45, 7) is 2.97. The molecule has 3 nitrogen and oxygen atoms in total. The van der Waals surface area contributed by atoms with Crippen LogP contribution in [0.4, 0.5) is 0 Å². The third-order valence-corrected chi connectivity index (χ3v) is 4.71. The number of hydrogen-bond acceptors (Lipinski definition) is 3. The fraction of sp³-hybridized carbons (Fsp3) is 0.267. The lowest BCUT2D eigenvalue weighted by Crippen LogP contribution is -2.22. The molecule has 1 atom stereocenters. The van der Waals surface area contributed by atoms with E-state index in [-0.39, 0.29) is 0 Å². The molecular weight excluding hydrogens is 290 g/mol. The van der Waals surface area contributed by atoms with Crippen molar-refractivity contribution in [3.05, 3.63) is 58.3 Å². The second-order valence-corrected chi connectivity index (χ2v) is 6.14. The molecule has 0 N–H and O–H groups in total. The van der Waals surface area contributed by atoms with Crippen LogP contribution in [0.5, 0.6) is 0 Å². The topological polar surface area (TPSA) is 20.5 Å². The molecule has 0 saturated heterocycles. The van der Waals surface area contributed by atoms with Gasteiger partial charge >= 0.3 is 0 Å². The van der Waals surface area contributed by atoms with E-state index < -0.39 is 0 Å². The van der Waals surface area contributed by atoms with E-state index in [1.165, 1.54) is 5.56 Å². The molecule has 0 radical (unpaired) electrons. The van der Waals surface area contributed by atoms with Crippen LogP contribution in [0.15, 0.2) is 41.9 Å². The predicted octanol–water partition coefficient (Wildman–Crippen LogP) is 4.24. The van der Waals surface area contributed by atoms with Crippen LogP contribution < -0.4 is 0 Å². The van der Waals surface area contributed by atoms with Crippen LogP contribution in [-0.2, 0) is 6.54 Å². The average Bonchev–Trinajstić information content (AvgIpc) is 3.02. The third-order valence-electron chi connectivity index (χ3n) is 3.65. The Morgan fingerprint density at radius 2 is 2.10 bits per heavy atom. The normalized spacial score (nSPS) is 13.2. The second-order valence-electron chi connectivity index (χ2n) is 4.91. The molecule has 5 heteroatoms. The molecule has 2 heterocycles. The summed E-state index contributed by atoms with van der Waals surface area (Å²) in [5.74, 6) is 0. The average molecular weight is 306 g/mol. The summed E-state index contributed by atoms with van der Waals surface area (Å²) in [6, 6.07) is 10.8. The van der Waals surface area contributed by atoms with Gasteiger partial charge in [-0.3, -0.25) is 9.30 Å². The zero-order chi connectivity index (χ0) is 14.1. The first-order chi connectivity index (χ1) is 9.66. The van der Waals surface area contributed by atoms with E-state index in [1.807, 2.05) is 17.6 Å². The van der Waals surface area contributed by atoms with Gasteiger partial charge in [0, 0.05) is 24.2 Å². The van der Waals surface area contributed by atoms with Gasteiger partial charge in [-0.1, -0.05) is 41.9 Å². The van der Waals surface area contributed by atoms with Crippen LogP contribution in [0.2, 0.25) is 5.15 Å². The van der Waals surface area contributed by atoms with Gasteiger partial charge in [-0.2, -0.15) is 0 Å². The van der Waals surface area contributed by atoms with Crippen LogP contribution in [0, 0.1) is 0 Å². The van der Waals surface area contributed by atoms with Crippen LogP contribution in [0.25, 0.3) is 4.96 Å². The first-order valence-electron chi connectivity index (χ1n) is 6.52. The number of imidazole rings is 1. The van der Waals surface area contributed by atoms with Crippen molar-refractivity contribution >= 4 is 27.9 Å². The SMILES string of the molecule is CC(c1ccccc1)N(C)Cc1c(Cl)nc2sccn12. The van der Waals surface area contributed by atoms with Crippen LogP contribution in [0.1, 0.15) is 24.2 Å². The summed E-state index contributed by atoms with van der Waals surface area (Å²) in [4.78, 5) is 7.61. The predicted molar refractivity (Wildman–Crippen MR) is 84.4 cm³/mol. The van der Waals surface area contributed by atoms with Crippen LogP contribution in [0.3, 0.4) is 0 Å². The Labute approximate surface area is 127 Å². The van der Waals surface area contributed by atoms with Crippen molar-refractivity contribution in [2.24, 2.45) is 0 Å². The molecule has 0 spiro atoms. The molecule has 0 aliphatic rings. The van der Waals surface area contributed by atoms with Gasteiger partial charge in [0.1, 0.15) is 0 Å². The van der Waals surface area contributed by atoms with E-state index in [0.717, 1.165) is 17.2 Å². The second kappa shape index (κ2) is 5.56. The Bertz CT molecular complexity index is 704. The minimum atomic E-state index is 0.330. The molecule has 2 aromatic heterocycles. The maximum atomic E-state index is 6.25. The van der Waals surface area contributed by atoms with Gasteiger partial charge in [0.25, 0.3) is 0 Å². The molecule has 0 aliphatic carbocycles. The Morgan fingerprint density at radius 3 is 2.85 bits per heavy atom. The molecule has 104 valence electrons. The van der Waals surface area contributed by atoms with Gasteiger partial charge in [0.05, 0.1) is 5.69 Å². The minimum Gasteiger partial charge on any atom is -0.294 e. The van der Waals surface area contributed by atoms with E-state index in [4.69, 9.17) is 11.6 Å². The van der Waals surface area contributed by atoms with E-state index in [0.29, 0.717) is 11.2 Å². The first kappa shape index (κ1) is 13.6. The highest BCUT2D eigenvalue weighted by atomic mass is 35.5. The Balaban J connectivity index is 1.83. The van der Waals surface area contributed by atoms with E-state index >= 15 is 0 Å². The number of nitrogens with zero attached hydrogens (tertiary/aromatic N) is 3. The maximum Gasteiger partial charge on any atom is 0.195 e. The van der Waals surface area contributed by atoms with E-state index in [2.05, 4.69) is 52.5 Å². The van der Waals surface area contributed by atoms with Crippen LogP contribution in [-0.4, -0.2) is 21.3 Å². The molecule has 3 rings (SSSR count). The highest BCUT2D eigenvalue weighted by Gasteiger charge is 2.17. The summed E-state index contributed by atoms with van der Waals surface area (Å²) in [5, 5.41) is 2.63. The summed E-state index contributed by atoms with van der Waals surface area (Å²) >= 11 is 7.85. The molecule has 1 unspecified atom stereocenters. The molecular formula is C15H16ClN3S.